The van der Waals surface area contributed by atoms with Crippen LogP contribution in [0.15, 0.2) is 41.9 Å². The Hall–Kier alpha value is -1.46. The summed E-state index contributed by atoms with van der Waals surface area (Å²) in [7, 11) is 0. The molecule has 5 heteroatoms. The summed E-state index contributed by atoms with van der Waals surface area (Å²) in [6.07, 6.45) is 1.73. The van der Waals surface area contributed by atoms with Crippen LogP contribution in [0.1, 0.15) is 4.88 Å². The van der Waals surface area contributed by atoms with Gasteiger partial charge in [-0.2, -0.15) is 0 Å². The molecule has 2 heterocycles. The lowest BCUT2D eigenvalue weighted by molar-refractivity contribution is 0.945. The standard InChI is InChI=1S/C11H11N3S2/c15-11(13-8-9-4-3-7-16-9)14-10-5-1-2-6-12-10/h1-7H,8H2,(H2,12,13,14,15). The molecule has 2 aromatic heterocycles. The lowest BCUT2D eigenvalue weighted by Gasteiger charge is -2.08. The highest BCUT2D eigenvalue weighted by atomic mass is 32.1. The van der Waals surface area contributed by atoms with E-state index in [1.807, 2.05) is 29.6 Å². The van der Waals surface area contributed by atoms with E-state index in [1.165, 1.54) is 4.88 Å². The van der Waals surface area contributed by atoms with Crippen molar-refractivity contribution in [2.45, 2.75) is 6.54 Å². The molecule has 2 aromatic rings. The topological polar surface area (TPSA) is 37.0 Å². The van der Waals surface area contributed by atoms with E-state index in [0.717, 1.165) is 12.4 Å². The zero-order valence-corrected chi connectivity index (χ0v) is 10.1. The van der Waals surface area contributed by atoms with E-state index in [9.17, 15) is 0 Å². The number of pyridine rings is 1. The smallest absolute Gasteiger partial charge is 0.172 e. The lowest BCUT2D eigenvalue weighted by atomic mass is 10.4. The molecule has 2 rings (SSSR count). The molecule has 0 amide bonds. The van der Waals surface area contributed by atoms with E-state index in [2.05, 4.69) is 21.7 Å². The summed E-state index contributed by atoms with van der Waals surface area (Å²) in [5.74, 6) is 0.756. The highest BCUT2D eigenvalue weighted by Crippen LogP contribution is 2.07. The maximum atomic E-state index is 5.15. The molecule has 0 unspecified atom stereocenters. The zero-order chi connectivity index (χ0) is 11.2. The van der Waals surface area contributed by atoms with Gasteiger partial charge in [0.05, 0.1) is 6.54 Å². The van der Waals surface area contributed by atoms with Crippen molar-refractivity contribution >= 4 is 34.5 Å². The first-order chi connectivity index (χ1) is 7.84. The molecule has 0 aliphatic rings. The predicted octanol–water partition coefficient (Wildman–Crippen LogP) is 2.63. The van der Waals surface area contributed by atoms with Gasteiger partial charge in [0.2, 0.25) is 0 Å². The SMILES string of the molecule is S=C(NCc1cccs1)Nc1ccccn1. The number of thiocarbonyl (C=S) groups is 1. The third-order valence-electron chi connectivity index (χ3n) is 1.91. The Morgan fingerprint density at radius 3 is 2.94 bits per heavy atom. The first kappa shape index (κ1) is 11.0. The minimum absolute atomic E-state index is 0.590. The normalized spacial score (nSPS) is 9.75. The van der Waals surface area contributed by atoms with Crippen LogP contribution < -0.4 is 10.6 Å². The van der Waals surface area contributed by atoms with Gasteiger partial charge in [-0.15, -0.1) is 11.3 Å². The Morgan fingerprint density at radius 1 is 1.31 bits per heavy atom. The summed E-state index contributed by atoms with van der Waals surface area (Å²) >= 11 is 6.86. The van der Waals surface area contributed by atoms with Crippen molar-refractivity contribution in [1.29, 1.82) is 0 Å². The maximum absolute atomic E-state index is 5.15. The van der Waals surface area contributed by atoms with Crippen LogP contribution in [0.5, 0.6) is 0 Å². The van der Waals surface area contributed by atoms with Gasteiger partial charge in [-0.05, 0) is 35.8 Å². The quantitative estimate of drug-likeness (QED) is 0.820. The Morgan fingerprint density at radius 2 is 2.25 bits per heavy atom. The number of hydrogen-bond acceptors (Lipinski definition) is 3. The molecule has 3 nitrogen and oxygen atoms in total. The summed E-state index contributed by atoms with van der Waals surface area (Å²) < 4.78 is 0. The molecule has 2 N–H and O–H groups in total. The third kappa shape index (κ3) is 3.29. The fourth-order valence-corrected chi connectivity index (χ4v) is 2.00. The van der Waals surface area contributed by atoms with Gasteiger partial charge in [0.1, 0.15) is 5.82 Å². The molecule has 82 valence electrons. The van der Waals surface area contributed by atoms with Crippen molar-refractivity contribution in [2.75, 3.05) is 5.32 Å². The third-order valence-corrected chi connectivity index (χ3v) is 3.03. The number of thiophene rings is 1. The summed E-state index contributed by atoms with van der Waals surface area (Å²) in [4.78, 5) is 5.38. The molecular weight excluding hydrogens is 238 g/mol. The van der Waals surface area contributed by atoms with Crippen molar-refractivity contribution in [3.8, 4) is 0 Å². The van der Waals surface area contributed by atoms with Crippen LogP contribution >= 0.6 is 23.6 Å². The van der Waals surface area contributed by atoms with Crippen LogP contribution in [0.3, 0.4) is 0 Å². The van der Waals surface area contributed by atoms with E-state index >= 15 is 0 Å². The molecule has 0 radical (unpaired) electrons. The number of rotatable bonds is 3. The fraction of sp³-hybridized carbons (Fsp3) is 0.0909. The summed E-state index contributed by atoms with van der Waals surface area (Å²) in [5.41, 5.74) is 0. The average Bonchev–Trinajstić information content (AvgIpc) is 2.81. The van der Waals surface area contributed by atoms with Gasteiger partial charge in [-0.1, -0.05) is 12.1 Å². The van der Waals surface area contributed by atoms with E-state index in [-0.39, 0.29) is 0 Å². The minimum Gasteiger partial charge on any atom is -0.358 e. The van der Waals surface area contributed by atoms with E-state index in [4.69, 9.17) is 12.2 Å². The molecule has 16 heavy (non-hydrogen) atoms. The summed E-state index contributed by atoms with van der Waals surface area (Å²) in [5, 5.41) is 8.78. The van der Waals surface area contributed by atoms with Gasteiger partial charge < -0.3 is 10.6 Å². The van der Waals surface area contributed by atoms with E-state index in [1.54, 1.807) is 17.5 Å². The minimum atomic E-state index is 0.590. The highest BCUT2D eigenvalue weighted by Gasteiger charge is 1.98. The Balaban J connectivity index is 1.81. The fourth-order valence-electron chi connectivity index (χ4n) is 1.18. The van der Waals surface area contributed by atoms with Crippen molar-refractivity contribution in [1.82, 2.24) is 10.3 Å². The largest absolute Gasteiger partial charge is 0.358 e. The van der Waals surface area contributed by atoms with Gasteiger partial charge in [-0.25, -0.2) is 4.98 Å². The Bertz CT molecular complexity index is 440. The monoisotopic (exact) mass is 249 g/mol. The molecule has 0 atom stereocenters. The van der Waals surface area contributed by atoms with Gasteiger partial charge in [0.25, 0.3) is 0 Å². The number of aromatic nitrogens is 1. The summed E-state index contributed by atoms with van der Waals surface area (Å²) in [6.45, 7) is 0.746. The predicted molar refractivity (Wildman–Crippen MR) is 71.6 cm³/mol. The second-order valence-electron chi connectivity index (χ2n) is 3.10. The molecule has 0 aliphatic heterocycles. The molecule has 0 saturated carbocycles. The second-order valence-corrected chi connectivity index (χ2v) is 4.54. The van der Waals surface area contributed by atoms with E-state index < -0.39 is 0 Å². The van der Waals surface area contributed by atoms with Crippen LogP contribution in [-0.4, -0.2) is 10.1 Å². The van der Waals surface area contributed by atoms with Crippen LogP contribution in [0.4, 0.5) is 5.82 Å². The van der Waals surface area contributed by atoms with Crippen molar-refractivity contribution in [3.05, 3.63) is 46.8 Å². The zero-order valence-electron chi connectivity index (χ0n) is 8.51. The van der Waals surface area contributed by atoms with Gasteiger partial charge in [0.15, 0.2) is 5.11 Å². The van der Waals surface area contributed by atoms with Gasteiger partial charge >= 0.3 is 0 Å². The average molecular weight is 249 g/mol. The first-order valence-corrected chi connectivity index (χ1v) is 6.11. The van der Waals surface area contributed by atoms with Crippen molar-refractivity contribution < 1.29 is 0 Å². The molecule has 0 saturated heterocycles. The molecule has 0 fully saturated rings. The number of hydrogen-bond donors (Lipinski definition) is 2. The molecule has 0 bridgehead atoms. The molecule has 0 aliphatic carbocycles. The van der Waals surface area contributed by atoms with Crippen molar-refractivity contribution in [3.63, 3.8) is 0 Å². The van der Waals surface area contributed by atoms with Crippen LogP contribution in [0.25, 0.3) is 0 Å². The Labute approximate surface area is 104 Å². The van der Waals surface area contributed by atoms with E-state index in [0.29, 0.717) is 5.11 Å². The van der Waals surface area contributed by atoms with Gasteiger partial charge in [-0.3, -0.25) is 0 Å². The maximum Gasteiger partial charge on any atom is 0.172 e. The summed E-state index contributed by atoms with van der Waals surface area (Å²) in [6, 6.07) is 9.75. The van der Waals surface area contributed by atoms with Crippen molar-refractivity contribution in [2.24, 2.45) is 0 Å². The van der Waals surface area contributed by atoms with Crippen LogP contribution in [0.2, 0.25) is 0 Å². The molecule has 0 spiro atoms. The number of anilines is 1. The molecule has 0 aromatic carbocycles. The number of nitrogens with zero attached hydrogens (tertiary/aromatic N) is 1. The first-order valence-electron chi connectivity index (χ1n) is 4.83. The molecular formula is C11H11N3S2. The Kier molecular flexibility index (Phi) is 3.85. The highest BCUT2D eigenvalue weighted by molar-refractivity contribution is 7.80. The van der Waals surface area contributed by atoms with Crippen LogP contribution in [0, 0.1) is 0 Å². The van der Waals surface area contributed by atoms with Crippen LogP contribution in [-0.2, 0) is 6.54 Å². The van der Waals surface area contributed by atoms with Gasteiger partial charge in [0, 0.05) is 11.1 Å². The second kappa shape index (κ2) is 5.58. The lowest BCUT2D eigenvalue weighted by Crippen LogP contribution is -2.27. The number of nitrogens with one attached hydrogen (secondary N) is 2.